The van der Waals surface area contributed by atoms with Crippen LogP contribution < -0.4 is 10.9 Å². The summed E-state index contributed by atoms with van der Waals surface area (Å²) in [4.78, 5) is 32.6. The molecule has 3 aromatic heterocycles. The van der Waals surface area contributed by atoms with E-state index in [2.05, 4.69) is 15.3 Å². The van der Waals surface area contributed by atoms with Crippen molar-refractivity contribution >= 4 is 33.1 Å². The molecule has 6 nitrogen and oxygen atoms in total. The minimum atomic E-state index is -0.121. The molecule has 25 heavy (non-hydrogen) atoms. The van der Waals surface area contributed by atoms with E-state index in [0.717, 1.165) is 16.6 Å². The van der Waals surface area contributed by atoms with Crippen molar-refractivity contribution in [3.05, 3.63) is 69.2 Å². The lowest BCUT2D eigenvalue weighted by Crippen LogP contribution is -2.26. The van der Waals surface area contributed by atoms with Crippen molar-refractivity contribution in [2.24, 2.45) is 0 Å². The van der Waals surface area contributed by atoms with Crippen molar-refractivity contribution in [1.82, 2.24) is 19.7 Å². The van der Waals surface area contributed by atoms with Gasteiger partial charge in [-0.05, 0) is 31.2 Å². The minimum absolute atomic E-state index is 0.0806. The second kappa shape index (κ2) is 6.18. The molecule has 0 aliphatic carbocycles. The van der Waals surface area contributed by atoms with Gasteiger partial charge in [0.1, 0.15) is 0 Å². The third-order valence-electron chi connectivity index (χ3n) is 4.09. The summed E-state index contributed by atoms with van der Waals surface area (Å²) in [6.45, 7) is 2.26. The van der Waals surface area contributed by atoms with Crippen LogP contribution in [0.5, 0.6) is 0 Å². The molecule has 0 unspecified atom stereocenters. The Morgan fingerprint density at radius 2 is 2.20 bits per heavy atom. The smallest absolute Gasteiger partial charge is 0.258 e. The molecule has 3 heterocycles. The zero-order valence-corrected chi connectivity index (χ0v) is 14.4. The minimum Gasteiger partial charge on any atom is -0.361 e. The van der Waals surface area contributed by atoms with Gasteiger partial charge in [0.05, 0.1) is 0 Å². The molecule has 1 amide bonds. The highest BCUT2D eigenvalue weighted by Gasteiger charge is 2.10. The Labute approximate surface area is 147 Å². The molecule has 126 valence electrons. The number of benzene rings is 1. The molecule has 0 spiro atoms. The Bertz CT molecular complexity index is 1140. The van der Waals surface area contributed by atoms with E-state index in [1.807, 2.05) is 36.7 Å². The first-order chi connectivity index (χ1) is 12.1. The van der Waals surface area contributed by atoms with Crippen molar-refractivity contribution in [3.8, 4) is 0 Å². The molecular weight excluding hydrogens is 336 g/mol. The number of carbonyl (C=O) groups excluding carboxylic acids is 1. The summed E-state index contributed by atoms with van der Waals surface area (Å²) in [5.74, 6) is -0.121. The number of amides is 1. The fourth-order valence-electron chi connectivity index (χ4n) is 2.86. The summed E-state index contributed by atoms with van der Waals surface area (Å²) >= 11 is 1.44. The van der Waals surface area contributed by atoms with Gasteiger partial charge < -0.3 is 10.3 Å². The van der Waals surface area contributed by atoms with Gasteiger partial charge in [-0.15, -0.1) is 11.3 Å². The average Bonchev–Trinajstić information content (AvgIpc) is 3.20. The Morgan fingerprint density at radius 3 is 3.08 bits per heavy atom. The van der Waals surface area contributed by atoms with Crippen molar-refractivity contribution in [2.75, 3.05) is 6.54 Å². The highest BCUT2D eigenvalue weighted by atomic mass is 32.1. The molecule has 0 bridgehead atoms. The lowest BCUT2D eigenvalue weighted by Gasteiger charge is -2.06. The van der Waals surface area contributed by atoms with E-state index < -0.39 is 0 Å². The molecular formula is C18H16N4O2S. The van der Waals surface area contributed by atoms with E-state index in [9.17, 15) is 9.59 Å². The monoisotopic (exact) mass is 352 g/mol. The van der Waals surface area contributed by atoms with Crippen molar-refractivity contribution < 1.29 is 4.79 Å². The standard InChI is InChI=1S/C18H16N4O2S/c1-11-8-16(23)22-14(10-25-18(22)21-11)5-7-20-17(24)13-2-3-15-12(9-13)4-6-19-15/h2-4,6,8-10,19H,5,7H2,1H3,(H,20,24). The number of aryl methyl sites for hydroxylation is 1. The molecule has 7 heteroatoms. The fourth-order valence-corrected chi connectivity index (χ4v) is 3.83. The molecule has 0 fully saturated rings. The molecule has 1 aromatic carbocycles. The van der Waals surface area contributed by atoms with E-state index >= 15 is 0 Å². The van der Waals surface area contributed by atoms with E-state index in [-0.39, 0.29) is 11.5 Å². The second-order valence-electron chi connectivity index (χ2n) is 5.87. The van der Waals surface area contributed by atoms with Crippen molar-refractivity contribution in [1.29, 1.82) is 0 Å². The van der Waals surface area contributed by atoms with Gasteiger partial charge in [-0.25, -0.2) is 4.98 Å². The Hall–Kier alpha value is -2.93. The number of hydrogen-bond donors (Lipinski definition) is 2. The Balaban J connectivity index is 1.47. The number of aromatic nitrogens is 3. The first-order valence-electron chi connectivity index (χ1n) is 7.94. The van der Waals surface area contributed by atoms with Gasteiger partial charge in [-0.1, -0.05) is 0 Å². The number of aromatic amines is 1. The van der Waals surface area contributed by atoms with E-state index in [0.29, 0.717) is 29.2 Å². The third-order valence-corrected chi connectivity index (χ3v) is 4.96. The fraction of sp³-hybridized carbons (Fsp3) is 0.167. The van der Waals surface area contributed by atoms with E-state index in [1.165, 1.54) is 17.4 Å². The Kier molecular flexibility index (Phi) is 3.85. The van der Waals surface area contributed by atoms with Crippen LogP contribution in [0.15, 0.2) is 46.7 Å². The average molecular weight is 352 g/mol. The number of thiazole rings is 1. The van der Waals surface area contributed by atoms with Gasteiger partial charge in [0.2, 0.25) is 0 Å². The molecule has 4 aromatic rings. The molecule has 4 rings (SSSR count). The van der Waals surface area contributed by atoms with Gasteiger partial charge in [0.25, 0.3) is 11.5 Å². The quantitative estimate of drug-likeness (QED) is 0.592. The maximum Gasteiger partial charge on any atom is 0.258 e. The van der Waals surface area contributed by atoms with Crippen LogP contribution in [0.3, 0.4) is 0 Å². The predicted molar refractivity (Wildman–Crippen MR) is 98.4 cm³/mol. The first-order valence-corrected chi connectivity index (χ1v) is 8.82. The highest BCUT2D eigenvalue weighted by molar-refractivity contribution is 7.15. The molecule has 0 radical (unpaired) electrons. The molecule has 0 saturated carbocycles. The molecule has 0 aliphatic rings. The summed E-state index contributed by atoms with van der Waals surface area (Å²) in [5.41, 5.74) is 3.12. The molecule has 0 saturated heterocycles. The molecule has 0 atom stereocenters. The first kappa shape index (κ1) is 15.6. The van der Waals surface area contributed by atoms with Gasteiger partial charge in [-0.2, -0.15) is 0 Å². The van der Waals surface area contributed by atoms with Crippen LogP contribution in [0.4, 0.5) is 0 Å². The topological polar surface area (TPSA) is 79.3 Å². The van der Waals surface area contributed by atoms with Crippen LogP contribution in [0.2, 0.25) is 0 Å². The van der Waals surface area contributed by atoms with Crippen LogP contribution in [-0.2, 0) is 6.42 Å². The number of fused-ring (bicyclic) bond motifs is 2. The van der Waals surface area contributed by atoms with E-state index in [1.54, 1.807) is 10.5 Å². The summed E-state index contributed by atoms with van der Waals surface area (Å²) in [5, 5.41) is 5.83. The van der Waals surface area contributed by atoms with Crippen LogP contribution in [0.1, 0.15) is 21.7 Å². The van der Waals surface area contributed by atoms with Gasteiger partial charge >= 0.3 is 0 Å². The summed E-state index contributed by atoms with van der Waals surface area (Å²) in [7, 11) is 0. The van der Waals surface area contributed by atoms with Crippen molar-refractivity contribution in [2.45, 2.75) is 13.3 Å². The van der Waals surface area contributed by atoms with Gasteiger partial charge in [0, 0.05) is 58.5 Å². The second-order valence-corrected chi connectivity index (χ2v) is 6.70. The molecule has 0 aliphatic heterocycles. The number of nitrogens with one attached hydrogen (secondary N) is 2. The lowest BCUT2D eigenvalue weighted by molar-refractivity contribution is 0.0954. The third kappa shape index (κ3) is 2.94. The largest absolute Gasteiger partial charge is 0.361 e. The predicted octanol–water partition coefficient (Wildman–Crippen LogP) is 2.52. The molecule has 2 N–H and O–H groups in total. The normalized spacial score (nSPS) is 11.2. The highest BCUT2D eigenvalue weighted by Crippen LogP contribution is 2.15. The number of nitrogens with zero attached hydrogens (tertiary/aromatic N) is 2. The lowest BCUT2D eigenvalue weighted by atomic mass is 10.1. The van der Waals surface area contributed by atoms with Crippen molar-refractivity contribution in [3.63, 3.8) is 0 Å². The van der Waals surface area contributed by atoms with Crippen LogP contribution in [0, 0.1) is 6.92 Å². The van der Waals surface area contributed by atoms with Crippen LogP contribution in [0.25, 0.3) is 15.9 Å². The Morgan fingerprint density at radius 1 is 1.32 bits per heavy atom. The van der Waals surface area contributed by atoms with Crippen LogP contribution in [-0.4, -0.2) is 26.8 Å². The number of rotatable bonds is 4. The SMILES string of the molecule is Cc1cc(=O)n2c(CCNC(=O)c3ccc4[nH]ccc4c3)csc2n1. The number of hydrogen-bond acceptors (Lipinski definition) is 4. The zero-order valence-electron chi connectivity index (χ0n) is 13.6. The van der Waals surface area contributed by atoms with Crippen LogP contribution >= 0.6 is 11.3 Å². The maximum atomic E-state index is 12.3. The summed E-state index contributed by atoms with van der Waals surface area (Å²) in [6, 6.07) is 9.01. The zero-order chi connectivity index (χ0) is 17.4. The maximum absolute atomic E-state index is 12.3. The number of carbonyl (C=O) groups is 1. The number of H-pyrrole nitrogens is 1. The summed E-state index contributed by atoms with van der Waals surface area (Å²) < 4.78 is 1.61. The van der Waals surface area contributed by atoms with E-state index in [4.69, 9.17) is 0 Å². The summed E-state index contributed by atoms with van der Waals surface area (Å²) in [6.07, 6.45) is 2.42. The van der Waals surface area contributed by atoms with Gasteiger partial charge in [0.15, 0.2) is 4.96 Å². The van der Waals surface area contributed by atoms with Gasteiger partial charge in [-0.3, -0.25) is 14.0 Å².